The zero-order valence-electron chi connectivity index (χ0n) is 16.1. The molecule has 2 aromatic rings. The molecule has 6 nitrogen and oxygen atoms in total. The first-order chi connectivity index (χ1) is 13.9. The molecule has 2 heterocycles. The molecule has 2 aromatic carbocycles. The Kier molecular flexibility index (Phi) is 4.70. The number of ether oxygens (including phenoxy) is 1. The minimum absolute atomic E-state index is 0.127. The van der Waals surface area contributed by atoms with Crippen LogP contribution in [-0.2, 0) is 19.1 Å². The Labute approximate surface area is 167 Å². The van der Waals surface area contributed by atoms with Crippen molar-refractivity contribution in [1.29, 1.82) is 0 Å². The normalized spacial score (nSPS) is 28.5. The second-order valence-electron chi connectivity index (χ2n) is 7.42. The first-order valence-corrected chi connectivity index (χ1v) is 9.52. The summed E-state index contributed by atoms with van der Waals surface area (Å²) in [6, 6.07) is 13.8. The molecule has 2 fully saturated rings. The molecule has 0 saturated carbocycles. The molecular formula is C22H21FN2O4. The molecule has 4 atom stereocenters. The summed E-state index contributed by atoms with van der Waals surface area (Å²) in [5.74, 6) is -4.01. The molecule has 7 heteroatoms. The van der Waals surface area contributed by atoms with Crippen molar-refractivity contribution in [2.45, 2.75) is 25.4 Å². The monoisotopic (exact) mass is 396 g/mol. The summed E-state index contributed by atoms with van der Waals surface area (Å²) in [4.78, 5) is 40.6. The van der Waals surface area contributed by atoms with E-state index in [9.17, 15) is 18.8 Å². The first kappa shape index (κ1) is 19.3. The van der Waals surface area contributed by atoms with Crippen molar-refractivity contribution in [3.05, 3.63) is 66.0 Å². The van der Waals surface area contributed by atoms with E-state index in [0.717, 1.165) is 4.90 Å². The molecule has 0 bridgehead atoms. The van der Waals surface area contributed by atoms with Crippen molar-refractivity contribution in [2.24, 2.45) is 11.8 Å². The molecular weight excluding hydrogens is 375 g/mol. The van der Waals surface area contributed by atoms with Crippen LogP contribution in [0.2, 0.25) is 0 Å². The molecule has 2 amide bonds. The Hall–Kier alpha value is -3.06. The molecule has 0 radical (unpaired) electrons. The van der Waals surface area contributed by atoms with Crippen molar-refractivity contribution >= 4 is 23.5 Å². The van der Waals surface area contributed by atoms with E-state index in [2.05, 4.69) is 5.32 Å². The summed E-state index contributed by atoms with van der Waals surface area (Å²) in [5.41, 5.74) is -0.786. The molecule has 0 spiro atoms. The van der Waals surface area contributed by atoms with E-state index in [1.54, 1.807) is 62.4 Å². The van der Waals surface area contributed by atoms with E-state index in [0.29, 0.717) is 5.69 Å². The Morgan fingerprint density at radius 1 is 1.10 bits per heavy atom. The Morgan fingerprint density at radius 3 is 2.41 bits per heavy atom. The van der Waals surface area contributed by atoms with E-state index >= 15 is 0 Å². The lowest BCUT2D eigenvalue weighted by molar-refractivity contribution is -0.153. The quantitative estimate of drug-likeness (QED) is 0.635. The predicted molar refractivity (Wildman–Crippen MR) is 103 cm³/mol. The van der Waals surface area contributed by atoms with Gasteiger partial charge in [-0.1, -0.05) is 36.4 Å². The topological polar surface area (TPSA) is 75.7 Å². The number of nitrogens with zero attached hydrogens (tertiary/aromatic N) is 1. The molecule has 2 aliphatic rings. The van der Waals surface area contributed by atoms with Gasteiger partial charge in [-0.3, -0.25) is 19.7 Å². The van der Waals surface area contributed by atoms with Gasteiger partial charge in [-0.25, -0.2) is 9.29 Å². The van der Waals surface area contributed by atoms with Crippen LogP contribution < -0.4 is 10.2 Å². The summed E-state index contributed by atoms with van der Waals surface area (Å²) >= 11 is 0. The number of amides is 2. The zero-order chi connectivity index (χ0) is 20.8. The third-order valence-corrected chi connectivity index (χ3v) is 5.74. The molecule has 0 aromatic heterocycles. The molecule has 1 N–H and O–H groups in total. The summed E-state index contributed by atoms with van der Waals surface area (Å²) in [5, 5.41) is 3.06. The number of imide groups is 1. The average molecular weight is 396 g/mol. The van der Waals surface area contributed by atoms with Crippen molar-refractivity contribution in [3.8, 4) is 0 Å². The van der Waals surface area contributed by atoms with E-state index in [1.807, 2.05) is 0 Å². The van der Waals surface area contributed by atoms with Crippen molar-refractivity contribution < 1.29 is 23.5 Å². The van der Waals surface area contributed by atoms with Gasteiger partial charge >= 0.3 is 5.97 Å². The largest absolute Gasteiger partial charge is 0.465 e. The highest BCUT2D eigenvalue weighted by atomic mass is 19.1. The Bertz CT molecular complexity index is 980. The summed E-state index contributed by atoms with van der Waals surface area (Å²) in [7, 11) is 0. The average Bonchev–Trinajstić information content (AvgIpc) is 3.17. The van der Waals surface area contributed by atoms with Gasteiger partial charge in [-0.2, -0.15) is 0 Å². The van der Waals surface area contributed by atoms with Crippen molar-refractivity contribution in [3.63, 3.8) is 0 Å². The summed E-state index contributed by atoms with van der Waals surface area (Å²) < 4.78 is 19.8. The molecule has 29 heavy (non-hydrogen) atoms. The van der Waals surface area contributed by atoms with Crippen LogP contribution in [0.5, 0.6) is 0 Å². The highest BCUT2D eigenvalue weighted by Gasteiger charge is 2.67. The number of carbonyl (C=O) groups is 3. The van der Waals surface area contributed by atoms with Gasteiger partial charge in [0.05, 0.1) is 24.1 Å². The lowest BCUT2D eigenvalue weighted by Gasteiger charge is -2.29. The van der Waals surface area contributed by atoms with Crippen molar-refractivity contribution in [2.75, 3.05) is 11.5 Å². The first-order valence-electron chi connectivity index (χ1n) is 9.52. The van der Waals surface area contributed by atoms with Gasteiger partial charge in [0.1, 0.15) is 11.4 Å². The number of carbonyl (C=O) groups excluding carboxylic acids is 3. The number of hydrogen-bond acceptors (Lipinski definition) is 5. The number of esters is 1. The van der Waals surface area contributed by atoms with Gasteiger partial charge in [0, 0.05) is 11.6 Å². The van der Waals surface area contributed by atoms with Gasteiger partial charge in [0.25, 0.3) is 0 Å². The van der Waals surface area contributed by atoms with Crippen LogP contribution >= 0.6 is 0 Å². The number of fused-ring (bicyclic) bond motifs is 1. The fraction of sp³-hybridized carbons (Fsp3) is 0.318. The molecule has 2 saturated heterocycles. The van der Waals surface area contributed by atoms with Crippen LogP contribution in [0.1, 0.15) is 25.5 Å². The fourth-order valence-corrected chi connectivity index (χ4v) is 4.43. The van der Waals surface area contributed by atoms with Gasteiger partial charge in [0.15, 0.2) is 0 Å². The highest BCUT2D eigenvalue weighted by molar-refractivity contribution is 6.24. The summed E-state index contributed by atoms with van der Waals surface area (Å²) in [6.45, 7) is 3.34. The number of nitrogens with one attached hydrogen (secondary N) is 1. The minimum Gasteiger partial charge on any atom is -0.465 e. The van der Waals surface area contributed by atoms with E-state index in [4.69, 9.17) is 4.74 Å². The maximum absolute atomic E-state index is 14.6. The second-order valence-corrected chi connectivity index (χ2v) is 7.42. The third-order valence-electron chi connectivity index (χ3n) is 5.74. The maximum Gasteiger partial charge on any atom is 0.326 e. The number of benzene rings is 2. The molecule has 0 unspecified atom stereocenters. The van der Waals surface area contributed by atoms with Crippen molar-refractivity contribution in [1.82, 2.24) is 5.32 Å². The third kappa shape index (κ3) is 2.84. The Morgan fingerprint density at radius 2 is 1.76 bits per heavy atom. The van der Waals surface area contributed by atoms with Crippen LogP contribution in [0.3, 0.4) is 0 Å². The van der Waals surface area contributed by atoms with Gasteiger partial charge in [-0.05, 0) is 32.0 Å². The predicted octanol–water partition coefficient (Wildman–Crippen LogP) is 2.60. The van der Waals surface area contributed by atoms with E-state index in [-0.39, 0.29) is 12.2 Å². The maximum atomic E-state index is 14.6. The smallest absolute Gasteiger partial charge is 0.326 e. The highest BCUT2D eigenvalue weighted by Crippen LogP contribution is 2.50. The van der Waals surface area contributed by atoms with Crippen LogP contribution in [0.25, 0.3) is 0 Å². The number of para-hydroxylation sites is 1. The molecule has 4 rings (SSSR count). The second kappa shape index (κ2) is 7.08. The van der Waals surface area contributed by atoms with Crippen LogP contribution in [0.4, 0.5) is 10.1 Å². The number of anilines is 1. The van der Waals surface area contributed by atoms with Crippen LogP contribution in [0, 0.1) is 17.7 Å². The fourth-order valence-electron chi connectivity index (χ4n) is 4.43. The number of halogens is 1. The molecule has 150 valence electrons. The molecule has 0 aliphatic carbocycles. The van der Waals surface area contributed by atoms with Crippen LogP contribution in [0.15, 0.2) is 54.6 Å². The minimum atomic E-state index is -1.45. The van der Waals surface area contributed by atoms with Crippen LogP contribution in [-0.4, -0.2) is 29.9 Å². The van der Waals surface area contributed by atoms with E-state index < -0.39 is 47.0 Å². The summed E-state index contributed by atoms with van der Waals surface area (Å²) in [6.07, 6.45) is 0. The SMILES string of the molecule is CCOC(=O)[C@]1(C)N[C@H](c2ccccc2F)[C@@H]2C(=O)N(c3ccccc3)C(=O)[C@H]21. The standard InChI is InChI=1S/C22H21FN2O4/c1-3-29-21(28)22(2)17-16(18(24-22)14-11-7-8-12-15(14)23)19(26)25(20(17)27)13-9-5-4-6-10-13/h4-12,16-18,24H,3H2,1-2H3/t16-,17+,18-,22-/m1/s1. The van der Waals surface area contributed by atoms with E-state index in [1.165, 1.54) is 6.07 Å². The van der Waals surface area contributed by atoms with Gasteiger partial charge in [-0.15, -0.1) is 0 Å². The number of hydrogen-bond donors (Lipinski definition) is 1. The zero-order valence-corrected chi connectivity index (χ0v) is 16.1. The number of rotatable bonds is 4. The van der Waals surface area contributed by atoms with Gasteiger partial charge in [0.2, 0.25) is 11.8 Å². The van der Waals surface area contributed by atoms with Gasteiger partial charge < -0.3 is 4.74 Å². The Balaban J connectivity index is 1.84. The lowest BCUT2D eigenvalue weighted by Crippen LogP contribution is -2.54. The lowest BCUT2D eigenvalue weighted by atomic mass is 9.80. The molecule has 2 aliphatic heterocycles.